The van der Waals surface area contributed by atoms with Crippen molar-refractivity contribution < 1.29 is 0 Å². The summed E-state index contributed by atoms with van der Waals surface area (Å²) in [6.45, 7) is 3.02. The maximum absolute atomic E-state index is 4.42. The van der Waals surface area contributed by atoms with Gasteiger partial charge >= 0.3 is 0 Å². The van der Waals surface area contributed by atoms with Crippen LogP contribution in [0.5, 0.6) is 0 Å². The zero-order valence-corrected chi connectivity index (χ0v) is 11.3. The van der Waals surface area contributed by atoms with Gasteiger partial charge in [-0.3, -0.25) is 0 Å². The molecule has 0 amide bonds. The molecule has 0 radical (unpaired) electrons. The van der Waals surface area contributed by atoms with Crippen LogP contribution >= 0.6 is 22.7 Å². The Morgan fingerprint density at radius 2 is 2.29 bits per heavy atom. The number of thiazole rings is 1. The monoisotopic (exact) mass is 266 g/mol. The molecular weight excluding hydrogens is 252 g/mol. The molecule has 6 heteroatoms. The van der Waals surface area contributed by atoms with Gasteiger partial charge < -0.3 is 5.32 Å². The molecular formula is C11H14N4S2. The molecule has 4 nitrogen and oxygen atoms in total. The standard InChI is InChI=1S/C11H14N4S2/c1-7-13-9(6-16-7)11-15-14-10(17-11)4-5-12-8-2-3-8/h6,8,12H,2-5H2,1H3. The van der Waals surface area contributed by atoms with Crippen molar-refractivity contribution in [1.29, 1.82) is 0 Å². The van der Waals surface area contributed by atoms with Gasteiger partial charge in [-0.15, -0.1) is 21.5 Å². The molecule has 17 heavy (non-hydrogen) atoms. The third-order valence-electron chi connectivity index (χ3n) is 2.65. The van der Waals surface area contributed by atoms with Gasteiger partial charge in [0.25, 0.3) is 0 Å². The molecule has 0 bridgehead atoms. The van der Waals surface area contributed by atoms with Gasteiger partial charge in [-0.1, -0.05) is 11.3 Å². The van der Waals surface area contributed by atoms with Crippen LogP contribution in [0.15, 0.2) is 5.38 Å². The summed E-state index contributed by atoms with van der Waals surface area (Å²) < 4.78 is 0. The summed E-state index contributed by atoms with van der Waals surface area (Å²) in [5, 5.41) is 17.1. The predicted molar refractivity (Wildman–Crippen MR) is 70.5 cm³/mol. The van der Waals surface area contributed by atoms with Crippen molar-refractivity contribution in [3.63, 3.8) is 0 Å². The van der Waals surface area contributed by atoms with Gasteiger partial charge in [0.05, 0.1) is 5.01 Å². The van der Waals surface area contributed by atoms with Crippen molar-refractivity contribution >= 4 is 22.7 Å². The van der Waals surface area contributed by atoms with Gasteiger partial charge in [0.1, 0.15) is 10.7 Å². The number of hydrogen-bond acceptors (Lipinski definition) is 6. The fraction of sp³-hybridized carbons (Fsp3) is 0.545. The van der Waals surface area contributed by atoms with E-state index in [9.17, 15) is 0 Å². The van der Waals surface area contributed by atoms with E-state index in [-0.39, 0.29) is 0 Å². The fourth-order valence-corrected chi connectivity index (χ4v) is 3.06. The summed E-state index contributed by atoms with van der Waals surface area (Å²) in [7, 11) is 0. The summed E-state index contributed by atoms with van der Waals surface area (Å²) in [4.78, 5) is 4.42. The first kappa shape index (κ1) is 11.3. The predicted octanol–water partition coefficient (Wildman–Crippen LogP) is 2.26. The Balaban J connectivity index is 1.61. The number of nitrogens with one attached hydrogen (secondary N) is 1. The van der Waals surface area contributed by atoms with Crippen molar-refractivity contribution in [3.8, 4) is 10.7 Å². The normalized spacial score (nSPS) is 15.4. The second-order valence-corrected chi connectivity index (χ2v) is 6.36. The molecule has 0 saturated heterocycles. The molecule has 1 aliphatic rings. The van der Waals surface area contributed by atoms with E-state index in [0.717, 1.165) is 39.7 Å². The van der Waals surface area contributed by atoms with Crippen LogP contribution in [0.2, 0.25) is 0 Å². The smallest absolute Gasteiger partial charge is 0.167 e. The van der Waals surface area contributed by atoms with Crippen LogP contribution in [0.3, 0.4) is 0 Å². The fourth-order valence-electron chi connectivity index (χ4n) is 1.59. The molecule has 3 rings (SSSR count). The summed E-state index contributed by atoms with van der Waals surface area (Å²) in [6, 6.07) is 0.767. The number of nitrogens with zero attached hydrogens (tertiary/aromatic N) is 3. The topological polar surface area (TPSA) is 50.7 Å². The highest BCUT2D eigenvalue weighted by Crippen LogP contribution is 2.25. The molecule has 1 fully saturated rings. The van der Waals surface area contributed by atoms with Crippen molar-refractivity contribution in [2.45, 2.75) is 32.2 Å². The zero-order chi connectivity index (χ0) is 11.7. The third-order valence-corrected chi connectivity index (χ3v) is 4.43. The van der Waals surface area contributed by atoms with E-state index in [1.165, 1.54) is 12.8 Å². The lowest BCUT2D eigenvalue weighted by molar-refractivity contribution is 0.677. The van der Waals surface area contributed by atoms with Gasteiger partial charge in [-0.05, 0) is 19.8 Å². The largest absolute Gasteiger partial charge is 0.314 e. The Hall–Kier alpha value is -0.850. The van der Waals surface area contributed by atoms with E-state index >= 15 is 0 Å². The lowest BCUT2D eigenvalue weighted by Gasteiger charge is -1.97. The molecule has 90 valence electrons. The van der Waals surface area contributed by atoms with Gasteiger partial charge in [0, 0.05) is 24.4 Å². The minimum atomic E-state index is 0.767. The summed E-state index contributed by atoms with van der Waals surface area (Å²) in [6.07, 6.45) is 3.64. The zero-order valence-electron chi connectivity index (χ0n) is 9.64. The Labute approximate surface area is 108 Å². The highest BCUT2D eigenvalue weighted by atomic mass is 32.1. The Kier molecular flexibility index (Phi) is 3.17. The minimum Gasteiger partial charge on any atom is -0.314 e. The van der Waals surface area contributed by atoms with Gasteiger partial charge in [-0.25, -0.2) is 4.98 Å². The van der Waals surface area contributed by atoms with Gasteiger partial charge in [-0.2, -0.15) is 0 Å². The molecule has 0 aliphatic heterocycles. The number of rotatable bonds is 5. The highest BCUT2D eigenvalue weighted by molar-refractivity contribution is 7.15. The van der Waals surface area contributed by atoms with E-state index in [4.69, 9.17) is 0 Å². The first-order valence-electron chi connectivity index (χ1n) is 5.79. The summed E-state index contributed by atoms with van der Waals surface area (Å²) >= 11 is 3.31. The third kappa shape index (κ3) is 2.88. The van der Waals surface area contributed by atoms with Gasteiger partial charge in [0.15, 0.2) is 5.01 Å². The molecule has 0 spiro atoms. The molecule has 0 atom stereocenters. The number of hydrogen-bond donors (Lipinski definition) is 1. The van der Waals surface area contributed by atoms with Crippen molar-refractivity contribution in [3.05, 3.63) is 15.4 Å². The van der Waals surface area contributed by atoms with E-state index < -0.39 is 0 Å². The SMILES string of the molecule is Cc1nc(-c2nnc(CCNC3CC3)s2)cs1. The molecule has 1 saturated carbocycles. The average Bonchev–Trinajstić information content (AvgIpc) is 2.85. The van der Waals surface area contributed by atoms with Crippen molar-refractivity contribution in [1.82, 2.24) is 20.5 Å². The van der Waals surface area contributed by atoms with Crippen molar-refractivity contribution in [2.24, 2.45) is 0 Å². The quantitative estimate of drug-likeness (QED) is 0.902. The molecule has 1 N–H and O–H groups in total. The lowest BCUT2D eigenvalue weighted by Crippen LogP contribution is -2.19. The van der Waals surface area contributed by atoms with Gasteiger partial charge in [0.2, 0.25) is 0 Å². The second-order valence-electron chi connectivity index (χ2n) is 4.23. The first-order chi connectivity index (χ1) is 8.31. The Morgan fingerprint density at radius 1 is 1.41 bits per heavy atom. The van der Waals surface area contributed by atoms with Crippen LogP contribution in [0.4, 0.5) is 0 Å². The van der Waals surface area contributed by atoms with Crippen LogP contribution in [0.1, 0.15) is 22.9 Å². The summed E-state index contributed by atoms with van der Waals surface area (Å²) in [5.74, 6) is 0. The van der Waals surface area contributed by atoms with Crippen LogP contribution in [-0.2, 0) is 6.42 Å². The second kappa shape index (κ2) is 4.80. The highest BCUT2D eigenvalue weighted by Gasteiger charge is 2.20. The maximum Gasteiger partial charge on any atom is 0.167 e. The number of aryl methyl sites for hydroxylation is 1. The van der Waals surface area contributed by atoms with E-state index in [1.54, 1.807) is 22.7 Å². The summed E-state index contributed by atoms with van der Waals surface area (Å²) in [5.41, 5.74) is 0.964. The molecule has 1 aliphatic carbocycles. The van der Waals surface area contributed by atoms with Crippen molar-refractivity contribution in [2.75, 3.05) is 6.54 Å². The van der Waals surface area contributed by atoms with E-state index in [2.05, 4.69) is 20.5 Å². The maximum atomic E-state index is 4.42. The first-order valence-corrected chi connectivity index (χ1v) is 7.49. The lowest BCUT2D eigenvalue weighted by atomic mass is 10.4. The van der Waals surface area contributed by atoms with Crippen LogP contribution in [-0.4, -0.2) is 27.8 Å². The minimum absolute atomic E-state index is 0.767. The van der Waals surface area contributed by atoms with Crippen LogP contribution < -0.4 is 5.32 Å². The van der Waals surface area contributed by atoms with E-state index in [0.29, 0.717) is 0 Å². The number of aromatic nitrogens is 3. The van der Waals surface area contributed by atoms with Crippen LogP contribution in [0.25, 0.3) is 10.7 Å². The Morgan fingerprint density at radius 3 is 3.00 bits per heavy atom. The molecule has 2 aromatic rings. The van der Waals surface area contributed by atoms with E-state index in [1.807, 2.05) is 12.3 Å². The van der Waals surface area contributed by atoms with Crippen LogP contribution in [0, 0.1) is 6.92 Å². The molecule has 2 heterocycles. The average molecular weight is 266 g/mol. The molecule has 2 aromatic heterocycles. The molecule has 0 aromatic carbocycles. The Bertz CT molecular complexity index is 501. The molecule has 0 unspecified atom stereocenters.